The molecule has 0 amide bonds. The van der Waals surface area contributed by atoms with Crippen LogP contribution in [0.2, 0.25) is 0 Å². The van der Waals surface area contributed by atoms with Crippen LogP contribution in [0, 0.1) is 0 Å². The predicted octanol–water partition coefficient (Wildman–Crippen LogP) is 17.6. The molecular weight excluding hydrogens is 829 g/mol. The van der Waals surface area contributed by atoms with Crippen molar-refractivity contribution in [3.05, 3.63) is 146 Å². The minimum atomic E-state index is -0.853. The normalized spacial score (nSPS) is 13.3. The summed E-state index contributed by atoms with van der Waals surface area (Å²) in [6.07, 6.45) is 77.1. The molecule has 374 valence electrons. The maximum absolute atomic E-state index is 12.8. The Bertz CT molecular complexity index is 1530. The van der Waals surface area contributed by atoms with Crippen molar-refractivity contribution in [2.45, 2.75) is 207 Å². The zero-order chi connectivity index (χ0) is 48.6. The fraction of sp³-hybridized carbons (Fsp3) is 0.557. The summed E-state index contributed by atoms with van der Waals surface area (Å²) in [6.45, 7) is 6.25. The van der Waals surface area contributed by atoms with Gasteiger partial charge in [-0.15, -0.1) is 0 Å². The first-order valence-electron chi connectivity index (χ1n) is 26.3. The summed E-state index contributed by atoms with van der Waals surface area (Å²) in [5, 5.41) is 0. The summed E-state index contributed by atoms with van der Waals surface area (Å²) in [6, 6.07) is 0. The summed E-state index contributed by atoms with van der Waals surface area (Å²) in [5.41, 5.74) is 0. The molecule has 0 aliphatic heterocycles. The second-order valence-electron chi connectivity index (χ2n) is 16.7. The van der Waals surface area contributed by atoms with Crippen LogP contribution in [0.25, 0.3) is 0 Å². The lowest BCUT2D eigenvalue weighted by Crippen LogP contribution is -2.30. The fourth-order valence-corrected chi connectivity index (χ4v) is 6.49. The van der Waals surface area contributed by atoms with Crippen LogP contribution < -0.4 is 0 Å². The van der Waals surface area contributed by atoms with E-state index in [0.29, 0.717) is 19.3 Å². The molecule has 0 aromatic heterocycles. The van der Waals surface area contributed by atoms with E-state index in [4.69, 9.17) is 14.2 Å². The Kier molecular flexibility index (Phi) is 50.1. The lowest BCUT2D eigenvalue weighted by atomic mass is 10.1. The first-order chi connectivity index (χ1) is 33.0. The Balaban J connectivity index is 4.63. The molecule has 0 spiro atoms. The largest absolute Gasteiger partial charge is 0.462 e. The van der Waals surface area contributed by atoms with E-state index < -0.39 is 12.1 Å². The number of unbranched alkanes of at least 4 members (excludes halogenated alkanes) is 10. The van der Waals surface area contributed by atoms with Gasteiger partial charge >= 0.3 is 17.9 Å². The van der Waals surface area contributed by atoms with E-state index in [0.717, 1.165) is 96.3 Å². The zero-order valence-electron chi connectivity index (χ0n) is 42.6. The summed E-state index contributed by atoms with van der Waals surface area (Å²) in [4.78, 5) is 37.9. The molecule has 0 fully saturated rings. The second-order valence-corrected chi connectivity index (χ2v) is 16.7. The lowest BCUT2D eigenvalue weighted by molar-refractivity contribution is -0.166. The number of hydrogen-bond donors (Lipinski definition) is 0. The molecule has 0 radical (unpaired) electrons. The Morgan fingerprint density at radius 3 is 0.910 bits per heavy atom. The molecule has 1 unspecified atom stereocenters. The van der Waals surface area contributed by atoms with E-state index in [9.17, 15) is 14.4 Å². The maximum Gasteiger partial charge on any atom is 0.306 e. The highest BCUT2D eigenvalue weighted by molar-refractivity contribution is 5.71. The highest BCUT2D eigenvalue weighted by Crippen LogP contribution is 2.13. The van der Waals surface area contributed by atoms with Crippen molar-refractivity contribution in [1.82, 2.24) is 0 Å². The molecule has 0 aliphatic rings. The van der Waals surface area contributed by atoms with Crippen LogP contribution in [0.5, 0.6) is 0 Å². The van der Waals surface area contributed by atoms with E-state index in [1.54, 1.807) is 0 Å². The molecule has 0 rings (SSSR count). The van der Waals surface area contributed by atoms with Gasteiger partial charge in [0, 0.05) is 19.3 Å². The standard InChI is InChI=1S/C61H94O6/c1-4-7-10-13-16-19-22-24-26-28-30-32-34-36-39-42-45-48-51-54-60(63)66-57-58(56-65-59(62)53-50-47-44-41-38-21-18-15-12-9-6-3)67-61(64)55-52-49-46-43-40-37-35-33-31-29-27-25-23-20-17-14-11-8-5-2/h7-8,10-11,16-17,19-20,24-27,30-33,36-37,39-40,45-46,48-49,58H,4-6,9,12-15,18,21-23,28-29,34-35,38,41-44,47,50-57H2,1-3H3/b10-7-,11-8-,19-16-,20-17-,26-24-,27-25-,32-30-,33-31-,39-36-,40-37-,48-45-,49-46-. The van der Waals surface area contributed by atoms with Gasteiger partial charge in [-0.05, 0) is 96.3 Å². The number of ether oxygens (including phenoxy) is 3. The fourth-order valence-electron chi connectivity index (χ4n) is 6.49. The van der Waals surface area contributed by atoms with Crippen molar-refractivity contribution >= 4 is 17.9 Å². The summed E-state index contributed by atoms with van der Waals surface area (Å²) < 4.78 is 16.6. The highest BCUT2D eigenvalue weighted by atomic mass is 16.6. The van der Waals surface area contributed by atoms with Crippen molar-refractivity contribution in [3.63, 3.8) is 0 Å². The topological polar surface area (TPSA) is 78.9 Å². The van der Waals surface area contributed by atoms with Crippen LogP contribution >= 0.6 is 0 Å². The highest BCUT2D eigenvalue weighted by Gasteiger charge is 2.19. The Labute approximate surface area is 410 Å². The van der Waals surface area contributed by atoms with Gasteiger partial charge in [0.15, 0.2) is 6.10 Å². The van der Waals surface area contributed by atoms with E-state index in [1.165, 1.54) is 51.4 Å². The SMILES string of the molecule is CC/C=C\C/C=C\C/C=C\C/C=C\C/C=C\C/C=C\CCC(=O)OCC(COC(=O)CCCCCCCCCCCCC)OC(=O)CC/C=C\C/C=C\C/C=C\C/C=C\C/C=C\C/C=C\CC. The molecule has 1 atom stereocenters. The number of carbonyl (C=O) groups excluding carboxylic acids is 3. The molecular formula is C61H94O6. The molecule has 0 aromatic carbocycles. The van der Waals surface area contributed by atoms with Crippen molar-refractivity contribution < 1.29 is 28.6 Å². The minimum absolute atomic E-state index is 0.136. The third kappa shape index (κ3) is 52.1. The first-order valence-corrected chi connectivity index (χ1v) is 26.3. The maximum atomic E-state index is 12.8. The van der Waals surface area contributed by atoms with Gasteiger partial charge in [-0.1, -0.05) is 231 Å². The lowest BCUT2D eigenvalue weighted by Gasteiger charge is -2.18. The van der Waals surface area contributed by atoms with Gasteiger partial charge in [-0.3, -0.25) is 14.4 Å². The first kappa shape index (κ1) is 62.3. The quantitative estimate of drug-likeness (QED) is 0.0262. The molecule has 6 heteroatoms. The van der Waals surface area contributed by atoms with Crippen LogP contribution in [-0.4, -0.2) is 37.2 Å². The van der Waals surface area contributed by atoms with Gasteiger partial charge in [0.05, 0.1) is 0 Å². The third-order valence-corrected chi connectivity index (χ3v) is 10.4. The number of esters is 3. The Morgan fingerprint density at radius 2 is 0.582 bits per heavy atom. The van der Waals surface area contributed by atoms with Gasteiger partial charge in [-0.25, -0.2) is 0 Å². The molecule has 0 saturated carbocycles. The van der Waals surface area contributed by atoms with Gasteiger partial charge in [0.25, 0.3) is 0 Å². The van der Waals surface area contributed by atoms with Gasteiger partial charge in [-0.2, -0.15) is 0 Å². The van der Waals surface area contributed by atoms with E-state index in [1.807, 2.05) is 24.3 Å². The molecule has 0 N–H and O–H groups in total. The molecule has 6 nitrogen and oxygen atoms in total. The van der Waals surface area contributed by atoms with Crippen LogP contribution in [-0.2, 0) is 28.6 Å². The number of rotatable bonds is 45. The monoisotopic (exact) mass is 923 g/mol. The Morgan fingerprint density at radius 1 is 0.313 bits per heavy atom. The summed E-state index contributed by atoms with van der Waals surface area (Å²) >= 11 is 0. The van der Waals surface area contributed by atoms with Crippen molar-refractivity contribution in [3.8, 4) is 0 Å². The van der Waals surface area contributed by atoms with Gasteiger partial charge in [0.1, 0.15) is 13.2 Å². The third-order valence-electron chi connectivity index (χ3n) is 10.4. The van der Waals surface area contributed by atoms with E-state index >= 15 is 0 Å². The Hall–Kier alpha value is -4.71. The molecule has 0 saturated heterocycles. The number of carbonyl (C=O) groups is 3. The number of hydrogen-bond acceptors (Lipinski definition) is 6. The summed E-state index contributed by atoms with van der Waals surface area (Å²) in [5.74, 6) is -1.12. The number of allylic oxidation sites excluding steroid dienone is 24. The average Bonchev–Trinajstić information content (AvgIpc) is 3.33. The van der Waals surface area contributed by atoms with Crippen LogP contribution in [0.1, 0.15) is 201 Å². The zero-order valence-corrected chi connectivity index (χ0v) is 42.6. The van der Waals surface area contributed by atoms with Crippen molar-refractivity contribution in [1.29, 1.82) is 0 Å². The second kappa shape index (κ2) is 53.9. The van der Waals surface area contributed by atoms with Crippen molar-refractivity contribution in [2.75, 3.05) is 13.2 Å². The molecule has 0 aromatic rings. The van der Waals surface area contributed by atoms with E-state index in [-0.39, 0.29) is 38.0 Å². The molecule has 0 bridgehead atoms. The molecule has 0 aliphatic carbocycles. The molecule has 0 heterocycles. The smallest absolute Gasteiger partial charge is 0.306 e. The van der Waals surface area contributed by atoms with Gasteiger partial charge in [0.2, 0.25) is 0 Å². The van der Waals surface area contributed by atoms with E-state index in [2.05, 4.69) is 142 Å². The van der Waals surface area contributed by atoms with Crippen LogP contribution in [0.4, 0.5) is 0 Å². The van der Waals surface area contributed by atoms with Crippen molar-refractivity contribution in [2.24, 2.45) is 0 Å². The average molecular weight is 923 g/mol. The minimum Gasteiger partial charge on any atom is -0.462 e. The summed E-state index contributed by atoms with van der Waals surface area (Å²) in [7, 11) is 0. The van der Waals surface area contributed by atoms with Crippen LogP contribution in [0.3, 0.4) is 0 Å². The molecule has 67 heavy (non-hydrogen) atoms. The van der Waals surface area contributed by atoms with Crippen LogP contribution in [0.15, 0.2) is 146 Å². The predicted molar refractivity (Wildman–Crippen MR) is 288 cm³/mol. The van der Waals surface area contributed by atoms with Gasteiger partial charge < -0.3 is 14.2 Å².